The Morgan fingerprint density at radius 2 is 1.89 bits per heavy atom. The van der Waals surface area contributed by atoms with Gasteiger partial charge in [-0.25, -0.2) is 4.79 Å². The van der Waals surface area contributed by atoms with E-state index in [0.29, 0.717) is 18.3 Å². The van der Waals surface area contributed by atoms with Gasteiger partial charge in [-0.05, 0) is 49.4 Å². The monoisotopic (exact) mass is 265 g/mol. The van der Waals surface area contributed by atoms with E-state index in [-0.39, 0.29) is 11.8 Å². The first-order chi connectivity index (χ1) is 9.13. The number of hydrogen-bond acceptors (Lipinski definition) is 2. The normalized spacial score (nSPS) is 39.7. The van der Waals surface area contributed by atoms with E-state index in [1.165, 1.54) is 19.3 Å². The summed E-state index contributed by atoms with van der Waals surface area (Å²) in [5, 5.41) is 11.9. The molecule has 0 aromatic heterocycles. The van der Waals surface area contributed by atoms with E-state index < -0.39 is 12.0 Å². The average Bonchev–Trinajstić information content (AvgIpc) is 2.83. The van der Waals surface area contributed by atoms with Gasteiger partial charge in [0.2, 0.25) is 5.91 Å². The summed E-state index contributed by atoms with van der Waals surface area (Å²) >= 11 is 0. The number of rotatable bonds is 6. The van der Waals surface area contributed by atoms with Crippen LogP contribution in [0, 0.1) is 29.6 Å². The smallest absolute Gasteiger partial charge is 0.326 e. The highest BCUT2D eigenvalue weighted by Gasteiger charge is 2.67. The van der Waals surface area contributed by atoms with Crippen LogP contribution < -0.4 is 5.32 Å². The van der Waals surface area contributed by atoms with Crippen molar-refractivity contribution in [2.45, 2.75) is 51.5 Å². The Morgan fingerprint density at radius 1 is 1.26 bits per heavy atom. The predicted octanol–water partition coefficient (Wildman–Crippen LogP) is 2.04. The SMILES string of the molecule is CCCCC(NC(=O)C1C2C3CCC(C3)C12)C(=O)O. The summed E-state index contributed by atoms with van der Waals surface area (Å²) in [4.78, 5) is 23.4. The molecule has 4 nitrogen and oxygen atoms in total. The fourth-order valence-electron chi connectivity index (χ4n) is 4.61. The van der Waals surface area contributed by atoms with Crippen LogP contribution in [0.3, 0.4) is 0 Å². The molecule has 3 aliphatic carbocycles. The molecule has 0 radical (unpaired) electrons. The number of carboxylic acids is 1. The van der Waals surface area contributed by atoms with Crippen molar-refractivity contribution < 1.29 is 14.7 Å². The number of amides is 1. The molecule has 5 unspecified atom stereocenters. The lowest BCUT2D eigenvalue weighted by Gasteiger charge is -2.15. The predicted molar refractivity (Wildman–Crippen MR) is 70.4 cm³/mol. The molecule has 1 amide bonds. The van der Waals surface area contributed by atoms with Gasteiger partial charge in [-0.1, -0.05) is 19.8 Å². The fourth-order valence-corrected chi connectivity index (χ4v) is 4.61. The minimum atomic E-state index is -0.893. The van der Waals surface area contributed by atoms with E-state index in [4.69, 9.17) is 5.11 Å². The standard InChI is InChI=1S/C15H23NO3/c1-2-3-4-10(15(18)19)16-14(17)13-11-8-5-6-9(7-8)12(11)13/h8-13H,2-7H2,1H3,(H,16,17)(H,18,19). The molecule has 0 aromatic rings. The molecule has 2 N–H and O–H groups in total. The van der Waals surface area contributed by atoms with Gasteiger partial charge in [-0.2, -0.15) is 0 Å². The third-order valence-corrected chi connectivity index (χ3v) is 5.50. The lowest BCUT2D eigenvalue weighted by atomic mass is 10.0. The average molecular weight is 265 g/mol. The van der Waals surface area contributed by atoms with Crippen molar-refractivity contribution >= 4 is 11.9 Å². The molecule has 106 valence electrons. The van der Waals surface area contributed by atoms with Crippen LogP contribution in [-0.2, 0) is 9.59 Å². The van der Waals surface area contributed by atoms with Crippen molar-refractivity contribution in [1.82, 2.24) is 5.32 Å². The van der Waals surface area contributed by atoms with Crippen LogP contribution in [0.5, 0.6) is 0 Å². The Balaban J connectivity index is 1.55. The second-order valence-electron chi connectivity index (χ2n) is 6.56. The molecule has 0 saturated heterocycles. The van der Waals surface area contributed by atoms with Crippen molar-refractivity contribution in [3.63, 3.8) is 0 Å². The maximum atomic E-state index is 12.2. The summed E-state index contributed by atoms with van der Waals surface area (Å²) in [5.74, 6) is 1.92. The quantitative estimate of drug-likeness (QED) is 0.772. The highest BCUT2D eigenvalue weighted by Crippen LogP contribution is 2.69. The largest absolute Gasteiger partial charge is 0.480 e. The van der Waals surface area contributed by atoms with E-state index in [9.17, 15) is 9.59 Å². The van der Waals surface area contributed by atoms with Gasteiger partial charge >= 0.3 is 5.97 Å². The summed E-state index contributed by atoms with van der Waals surface area (Å²) in [6.07, 6.45) is 6.24. The van der Waals surface area contributed by atoms with E-state index >= 15 is 0 Å². The minimum absolute atomic E-state index is 0.00935. The Hall–Kier alpha value is -1.06. The summed E-state index contributed by atoms with van der Waals surface area (Å²) in [7, 11) is 0. The summed E-state index contributed by atoms with van der Waals surface area (Å²) < 4.78 is 0. The van der Waals surface area contributed by atoms with Gasteiger partial charge in [0.15, 0.2) is 0 Å². The molecule has 4 heteroatoms. The summed E-state index contributed by atoms with van der Waals surface area (Å²) in [6, 6.07) is -0.688. The van der Waals surface area contributed by atoms with Crippen molar-refractivity contribution in [3.05, 3.63) is 0 Å². The lowest BCUT2D eigenvalue weighted by Crippen LogP contribution is -2.42. The van der Waals surface area contributed by atoms with E-state index in [2.05, 4.69) is 5.32 Å². The number of carbonyl (C=O) groups is 2. The molecular weight excluding hydrogens is 242 g/mol. The number of hydrogen-bond donors (Lipinski definition) is 2. The zero-order valence-corrected chi connectivity index (χ0v) is 11.5. The van der Waals surface area contributed by atoms with Crippen LogP contribution in [0.1, 0.15) is 45.4 Å². The first-order valence-corrected chi connectivity index (χ1v) is 7.66. The zero-order valence-electron chi connectivity index (χ0n) is 11.5. The molecule has 2 bridgehead atoms. The maximum absolute atomic E-state index is 12.2. The van der Waals surface area contributed by atoms with Crippen molar-refractivity contribution in [1.29, 1.82) is 0 Å². The number of aliphatic carboxylic acids is 1. The maximum Gasteiger partial charge on any atom is 0.326 e. The molecule has 0 spiro atoms. The molecule has 3 saturated carbocycles. The van der Waals surface area contributed by atoms with E-state index in [1.807, 2.05) is 6.92 Å². The topological polar surface area (TPSA) is 66.4 Å². The van der Waals surface area contributed by atoms with Gasteiger partial charge in [-0.3, -0.25) is 4.79 Å². The third-order valence-electron chi connectivity index (χ3n) is 5.50. The lowest BCUT2D eigenvalue weighted by molar-refractivity contribution is -0.142. The van der Waals surface area contributed by atoms with E-state index in [1.54, 1.807) is 0 Å². The molecular formula is C15H23NO3. The Labute approximate surface area is 113 Å². The molecule has 3 aliphatic rings. The van der Waals surface area contributed by atoms with E-state index in [0.717, 1.165) is 24.7 Å². The van der Waals surface area contributed by atoms with Gasteiger partial charge in [0.1, 0.15) is 6.04 Å². The van der Waals surface area contributed by atoms with Crippen molar-refractivity contribution in [2.24, 2.45) is 29.6 Å². The molecule has 19 heavy (non-hydrogen) atoms. The molecule has 5 atom stereocenters. The second-order valence-corrected chi connectivity index (χ2v) is 6.56. The second kappa shape index (κ2) is 4.80. The summed E-state index contributed by atoms with van der Waals surface area (Å²) in [6.45, 7) is 2.03. The van der Waals surface area contributed by atoms with Crippen LogP contribution in [0.25, 0.3) is 0 Å². The Bertz CT molecular complexity index is 379. The number of carbonyl (C=O) groups excluding carboxylic acids is 1. The number of carboxylic acid groups (broad SMARTS) is 1. The molecule has 0 aliphatic heterocycles. The molecule has 3 fully saturated rings. The Morgan fingerprint density at radius 3 is 2.42 bits per heavy atom. The van der Waals surface area contributed by atoms with Gasteiger partial charge in [0.05, 0.1) is 0 Å². The third kappa shape index (κ3) is 2.15. The van der Waals surface area contributed by atoms with Crippen molar-refractivity contribution in [2.75, 3.05) is 0 Å². The zero-order chi connectivity index (χ0) is 13.6. The Kier molecular flexibility index (Phi) is 3.27. The van der Waals surface area contributed by atoms with Gasteiger partial charge in [0, 0.05) is 5.92 Å². The van der Waals surface area contributed by atoms with Crippen LogP contribution in [0.15, 0.2) is 0 Å². The van der Waals surface area contributed by atoms with Crippen LogP contribution in [0.2, 0.25) is 0 Å². The molecule has 3 rings (SSSR count). The van der Waals surface area contributed by atoms with Gasteiger partial charge in [-0.15, -0.1) is 0 Å². The minimum Gasteiger partial charge on any atom is -0.480 e. The highest BCUT2D eigenvalue weighted by molar-refractivity contribution is 5.87. The van der Waals surface area contributed by atoms with Crippen LogP contribution >= 0.6 is 0 Å². The van der Waals surface area contributed by atoms with Crippen molar-refractivity contribution in [3.8, 4) is 0 Å². The van der Waals surface area contributed by atoms with Crippen LogP contribution in [0.4, 0.5) is 0 Å². The first kappa shape index (κ1) is 12.9. The first-order valence-electron chi connectivity index (χ1n) is 7.66. The molecule has 0 aromatic carbocycles. The fraction of sp³-hybridized carbons (Fsp3) is 0.867. The number of nitrogens with one attached hydrogen (secondary N) is 1. The van der Waals surface area contributed by atoms with Crippen LogP contribution in [-0.4, -0.2) is 23.0 Å². The number of unbranched alkanes of at least 4 members (excludes halogenated alkanes) is 1. The highest BCUT2D eigenvalue weighted by atomic mass is 16.4. The van der Waals surface area contributed by atoms with Gasteiger partial charge in [0.25, 0.3) is 0 Å². The molecule has 0 heterocycles. The number of fused-ring (bicyclic) bond motifs is 5. The van der Waals surface area contributed by atoms with Gasteiger partial charge < -0.3 is 10.4 Å². The summed E-state index contributed by atoms with van der Waals surface area (Å²) in [5.41, 5.74) is 0.